The van der Waals surface area contributed by atoms with Crippen molar-refractivity contribution in [2.45, 2.75) is 11.1 Å². The minimum absolute atomic E-state index is 0.173. The Kier molecular flexibility index (Phi) is 5.09. The first-order chi connectivity index (χ1) is 10.3. The standard InChI is InChI=1S/C13H13BrN2O4S2/c1-8(17)15-9-3-4-11(20-2)10(7-9)16-22(18,19)13-6-5-12(14)21-13/h3-7,16H,1-2H3,(H,15,17). The third kappa shape index (κ3) is 3.99. The van der Waals surface area contributed by atoms with Gasteiger partial charge < -0.3 is 10.1 Å². The Morgan fingerprint density at radius 2 is 2.00 bits per heavy atom. The van der Waals surface area contributed by atoms with Crippen LogP contribution in [0, 0.1) is 0 Å². The van der Waals surface area contributed by atoms with Gasteiger partial charge in [0.15, 0.2) is 0 Å². The number of benzene rings is 1. The molecule has 0 aliphatic heterocycles. The number of hydrogen-bond acceptors (Lipinski definition) is 5. The fourth-order valence-corrected chi connectivity index (χ4v) is 4.78. The van der Waals surface area contributed by atoms with E-state index < -0.39 is 10.0 Å². The number of thiophene rings is 1. The number of carbonyl (C=O) groups excluding carboxylic acids is 1. The minimum atomic E-state index is -3.72. The first kappa shape index (κ1) is 16.8. The van der Waals surface area contributed by atoms with Gasteiger partial charge in [0.05, 0.1) is 16.6 Å². The highest BCUT2D eigenvalue weighted by molar-refractivity contribution is 9.11. The molecule has 2 N–H and O–H groups in total. The van der Waals surface area contributed by atoms with Gasteiger partial charge in [-0.3, -0.25) is 9.52 Å². The van der Waals surface area contributed by atoms with E-state index in [2.05, 4.69) is 26.0 Å². The van der Waals surface area contributed by atoms with Crippen molar-refractivity contribution in [2.75, 3.05) is 17.1 Å². The Hall–Kier alpha value is -1.58. The molecule has 9 heteroatoms. The predicted octanol–water partition coefficient (Wildman–Crippen LogP) is 3.28. The number of carbonyl (C=O) groups is 1. The topological polar surface area (TPSA) is 84.5 Å². The molecule has 6 nitrogen and oxygen atoms in total. The van der Waals surface area contributed by atoms with Gasteiger partial charge in [0.25, 0.3) is 10.0 Å². The summed E-state index contributed by atoms with van der Waals surface area (Å²) in [6.45, 7) is 1.37. The molecule has 0 aliphatic rings. The molecule has 0 fully saturated rings. The van der Waals surface area contributed by atoms with Crippen molar-refractivity contribution in [1.29, 1.82) is 0 Å². The van der Waals surface area contributed by atoms with E-state index in [1.807, 2.05) is 0 Å². The van der Waals surface area contributed by atoms with Gasteiger partial charge in [-0.15, -0.1) is 11.3 Å². The molecule has 0 saturated heterocycles. The fraction of sp³-hybridized carbons (Fsp3) is 0.154. The number of anilines is 2. The molecule has 0 atom stereocenters. The molecule has 118 valence electrons. The largest absolute Gasteiger partial charge is 0.495 e. The number of amides is 1. The monoisotopic (exact) mass is 404 g/mol. The van der Waals surface area contributed by atoms with Gasteiger partial charge in [-0.1, -0.05) is 0 Å². The van der Waals surface area contributed by atoms with Crippen LogP contribution in [0.5, 0.6) is 5.75 Å². The zero-order valence-corrected chi connectivity index (χ0v) is 14.9. The van der Waals surface area contributed by atoms with E-state index in [0.717, 1.165) is 11.3 Å². The molecule has 1 aromatic heterocycles. The van der Waals surface area contributed by atoms with Gasteiger partial charge in [-0.05, 0) is 46.3 Å². The van der Waals surface area contributed by atoms with Crippen LogP contribution in [0.25, 0.3) is 0 Å². The Balaban J connectivity index is 2.36. The maximum Gasteiger partial charge on any atom is 0.271 e. The van der Waals surface area contributed by atoms with Gasteiger partial charge in [0.2, 0.25) is 5.91 Å². The van der Waals surface area contributed by atoms with Crippen LogP contribution in [0.1, 0.15) is 6.92 Å². The third-order valence-corrected chi connectivity index (χ3v) is 6.06. The fourth-order valence-electron chi connectivity index (χ4n) is 1.71. The lowest BCUT2D eigenvalue weighted by Crippen LogP contribution is -2.13. The summed E-state index contributed by atoms with van der Waals surface area (Å²) in [5.74, 6) is 0.106. The van der Waals surface area contributed by atoms with Crippen molar-refractivity contribution in [3.05, 3.63) is 34.1 Å². The van der Waals surface area contributed by atoms with Crippen molar-refractivity contribution in [2.24, 2.45) is 0 Å². The lowest BCUT2D eigenvalue weighted by molar-refractivity contribution is -0.114. The van der Waals surface area contributed by atoms with Gasteiger partial charge >= 0.3 is 0 Å². The Bertz CT molecular complexity index is 802. The molecular weight excluding hydrogens is 392 g/mol. The molecule has 0 unspecified atom stereocenters. The van der Waals surface area contributed by atoms with Crippen LogP contribution < -0.4 is 14.8 Å². The molecular formula is C13H13BrN2O4S2. The van der Waals surface area contributed by atoms with Crippen LogP contribution in [0.3, 0.4) is 0 Å². The summed E-state index contributed by atoms with van der Waals surface area (Å²) in [4.78, 5) is 11.1. The molecule has 2 rings (SSSR count). The van der Waals surface area contributed by atoms with Crippen molar-refractivity contribution in [1.82, 2.24) is 0 Å². The summed E-state index contributed by atoms with van der Waals surface area (Å²) < 4.78 is 33.2. The maximum absolute atomic E-state index is 12.4. The zero-order valence-electron chi connectivity index (χ0n) is 11.7. The van der Waals surface area contributed by atoms with E-state index in [9.17, 15) is 13.2 Å². The molecule has 1 aromatic carbocycles. The van der Waals surface area contributed by atoms with Crippen molar-refractivity contribution < 1.29 is 17.9 Å². The second-order valence-electron chi connectivity index (χ2n) is 4.26. The van der Waals surface area contributed by atoms with Crippen molar-refractivity contribution in [3.63, 3.8) is 0 Å². The Morgan fingerprint density at radius 1 is 1.27 bits per heavy atom. The number of hydrogen-bond donors (Lipinski definition) is 2. The van der Waals surface area contributed by atoms with Crippen LogP contribution in [0.4, 0.5) is 11.4 Å². The average molecular weight is 405 g/mol. The number of methoxy groups -OCH3 is 1. The Morgan fingerprint density at radius 3 is 2.55 bits per heavy atom. The molecule has 1 heterocycles. The molecule has 2 aromatic rings. The zero-order chi connectivity index (χ0) is 16.3. The van der Waals surface area contributed by atoms with Crippen LogP contribution in [0.2, 0.25) is 0 Å². The first-order valence-electron chi connectivity index (χ1n) is 6.05. The predicted molar refractivity (Wildman–Crippen MR) is 90.1 cm³/mol. The SMILES string of the molecule is COc1ccc(NC(C)=O)cc1NS(=O)(=O)c1ccc(Br)s1. The number of ether oxygens (including phenoxy) is 1. The molecule has 0 radical (unpaired) electrons. The molecule has 0 spiro atoms. The molecule has 0 bridgehead atoms. The van der Waals surface area contributed by atoms with Crippen LogP contribution in [-0.2, 0) is 14.8 Å². The van der Waals surface area contributed by atoms with E-state index >= 15 is 0 Å². The lowest BCUT2D eigenvalue weighted by atomic mass is 10.2. The highest BCUT2D eigenvalue weighted by Gasteiger charge is 2.19. The third-order valence-electron chi connectivity index (χ3n) is 2.58. The van der Waals surface area contributed by atoms with Crippen molar-refractivity contribution in [3.8, 4) is 5.75 Å². The van der Waals surface area contributed by atoms with Crippen molar-refractivity contribution >= 4 is 54.6 Å². The van der Waals surface area contributed by atoms with E-state index in [1.165, 1.54) is 26.2 Å². The highest BCUT2D eigenvalue weighted by atomic mass is 79.9. The summed E-state index contributed by atoms with van der Waals surface area (Å²) in [5, 5.41) is 2.59. The summed E-state index contributed by atoms with van der Waals surface area (Å²) in [7, 11) is -2.29. The number of rotatable bonds is 5. The van der Waals surface area contributed by atoms with Crippen LogP contribution >= 0.6 is 27.3 Å². The maximum atomic E-state index is 12.4. The Labute approximate surface area is 140 Å². The van der Waals surface area contributed by atoms with Gasteiger partial charge in [0, 0.05) is 12.6 Å². The van der Waals surface area contributed by atoms with Crippen LogP contribution in [0.15, 0.2) is 38.3 Å². The van der Waals surface area contributed by atoms with E-state index in [1.54, 1.807) is 18.2 Å². The quantitative estimate of drug-likeness (QED) is 0.800. The highest BCUT2D eigenvalue weighted by Crippen LogP contribution is 2.32. The number of nitrogens with one attached hydrogen (secondary N) is 2. The molecule has 0 saturated carbocycles. The van der Waals surface area contributed by atoms with E-state index in [4.69, 9.17) is 4.74 Å². The molecule has 1 amide bonds. The summed E-state index contributed by atoms with van der Waals surface area (Å²) in [6.07, 6.45) is 0. The van der Waals surface area contributed by atoms with Gasteiger partial charge in [-0.25, -0.2) is 8.42 Å². The summed E-state index contributed by atoms with van der Waals surface area (Å²) >= 11 is 4.33. The van der Waals surface area contributed by atoms with E-state index in [0.29, 0.717) is 15.2 Å². The van der Waals surface area contributed by atoms with E-state index in [-0.39, 0.29) is 15.8 Å². The van der Waals surface area contributed by atoms with Gasteiger partial charge in [0.1, 0.15) is 9.96 Å². The molecule has 0 aliphatic carbocycles. The number of sulfonamides is 1. The second kappa shape index (κ2) is 6.67. The lowest BCUT2D eigenvalue weighted by Gasteiger charge is -2.12. The molecule has 22 heavy (non-hydrogen) atoms. The smallest absolute Gasteiger partial charge is 0.271 e. The minimum Gasteiger partial charge on any atom is -0.495 e. The summed E-state index contributed by atoms with van der Waals surface area (Å²) in [5.41, 5.74) is 0.719. The average Bonchev–Trinajstić information content (AvgIpc) is 2.85. The summed E-state index contributed by atoms with van der Waals surface area (Å²) in [6, 6.07) is 7.86. The normalized spacial score (nSPS) is 11.0. The first-order valence-corrected chi connectivity index (χ1v) is 9.15. The van der Waals surface area contributed by atoms with Gasteiger partial charge in [-0.2, -0.15) is 0 Å². The number of halogens is 1. The second-order valence-corrected chi connectivity index (χ2v) is 8.63. The van der Waals surface area contributed by atoms with Crippen LogP contribution in [-0.4, -0.2) is 21.4 Å².